The van der Waals surface area contributed by atoms with Crippen molar-refractivity contribution in [3.8, 4) is 0 Å². The minimum Gasteiger partial charge on any atom is -0.409 e. The number of nitrogens with two attached hydrogens (primary N) is 1. The van der Waals surface area contributed by atoms with Gasteiger partial charge in [-0.3, -0.25) is 4.90 Å². The van der Waals surface area contributed by atoms with E-state index in [-0.39, 0.29) is 5.41 Å². The molecule has 0 aliphatic heterocycles. The van der Waals surface area contributed by atoms with Crippen molar-refractivity contribution in [3.63, 3.8) is 0 Å². The van der Waals surface area contributed by atoms with E-state index in [9.17, 15) is 0 Å². The number of nitrogens with zero attached hydrogens (tertiary/aromatic N) is 2. The Balaban J connectivity index is 2.48. The highest BCUT2D eigenvalue weighted by Gasteiger charge is 2.23. The maximum absolute atomic E-state index is 8.79. The number of thiophene rings is 1. The van der Waals surface area contributed by atoms with Crippen LogP contribution in [0.4, 0.5) is 0 Å². The van der Waals surface area contributed by atoms with E-state index >= 15 is 0 Å². The van der Waals surface area contributed by atoms with Gasteiger partial charge in [0, 0.05) is 22.9 Å². The summed E-state index contributed by atoms with van der Waals surface area (Å²) in [6.45, 7) is 10.5. The van der Waals surface area contributed by atoms with E-state index in [1.54, 1.807) is 11.3 Å². The second kappa shape index (κ2) is 7.64. The minimum atomic E-state index is -0.250. The van der Waals surface area contributed by atoms with Gasteiger partial charge >= 0.3 is 0 Å². The van der Waals surface area contributed by atoms with Gasteiger partial charge in [-0.05, 0) is 44.7 Å². The average Bonchev–Trinajstić information content (AvgIpc) is 2.89. The molecule has 4 nitrogen and oxygen atoms in total. The summed E-state index contributed by atoms with van der Waals surface area (Å²) in [6, 6.07) is 4.80. The molecule has 0 spiro atoms. The number of hydrogen-bond acceptors (Lipinski definition) is 4. The van der Waals surface area contributed by atoms with E-state index in [0.717, 1.165) is 25.9 Å². The van der Waals surface area contributed by atoms with Gasteiger partial charge in [0.1, 0.15) is 5.84 Å². The van der Waals surface area contributed by atoms with Gasteiger partial charge < -0.3 is 10.9 Å². The third-order valence-electron chi connectivity index (χ3n) is 3.72. The van der Waals surface area contributed by atoms with Gasteiger partial charge in [0.25, 0.3) is 0 Å². The SMILES string of the molecule is CC(C)N(CCCC(C)(C)C(N)=NO)Cc1cccs1. The molecular weight excluding hydrogens is 270 g/mol. The van der Waals surface area contributed by atoms with Crippen LogP contribution in [0.5, 0.6) is 0 Å². The molecule has 0 saturated carbocycles. The first-order valence-electron chi connectivity index (χ1n) is 7.11. The molecule has 0 bridgehead atoms. The smallest absolute Gasteiger partial charge is 0.144 e. The summed E-state index contributed by atoms with van der Waals surface area (Å²) in [5.41, 5.74) is 5.48. The lowest BCUT2D eigenvalue weighted by molar-refractivity contribution is 0.203. The Hall–Kier alpha value is -1.07. The Labute approximate surface area is 126 Å². The molecule has 0 radical (unpaired) electrons. The van der Waals surface area contributed by atoms with Crippen molar-refractivity contribution in [1.82, 2.24) is 4.90 Å². The lowest BCUT2D eigenvalue weighted by atomic mass is 9.86. The molecule has 0 fully saturated rings. The fourth-order valence-electron chi connectivity index (χ4n) is 2.11. The highest BCUT2D eigenvalue weighted by Crippen LogP contribution is 2.23. The molecule has 0 aromatic carbocycles. The first kappa shape index (κ1) is 17.0. The molecule has 5 heteroatoms. The van der Waals surface area contributed by atoms with Crippen molar-refractivity contribution in [3.05, 3.63) is 22.4 Å². The van der Waals surface area contributed by atoms with E-state index in [0.29, 0.717) is 11.9 Å². The summed E-state index contributed by atoms with van der Waals surface area (Å²) in [6.07, 6.45) is 1.95. The Bertz CT molecular complexity index is 413. The zero-order valence-corrected chi connectivity index (χ0v) is 13.8. The Kier molecular flexibility index (Phi) is 6.49. The summed E-state index contributed by atoms with van der Waals surface area (Å²) < 4.78 is 0. The third kappa shape index (κ3) is 5.13. The van der Waals surface area contributed by atoms with Gasteiger partial charge in [0.05, 0.1) is 0 Å². The van der Waals surface area contributed by atoms with Crippen LogP contribution in [0, 0.1) is 5.41 Å². The van der Waals surface area contributed by atoms with Crippen LogP contribution in [0.25, 0.3) is 0 Å². The highest BCUT2D eigenvalue weighted by molar-refractivity contribution is 7.09. The van der Waals surface area contributed by atoms with Gasteiger partial charge in [-0.1, -0.05) is 25.1 Å². The molecule has 0 saturated heterocycles. The zero-order chi connectivity index (χ0) is 15.2. The second-order valence-corrected chi connectivity index (χ2v) is 7.15. The van der Waals surface area contributed by atoms with Crippen LogP contribution in [0.15, 0.2) is 22.7 Å². The lowest BCUT2D eigenvalue weighted by Gasteiger charge is -2.28. The predicted octanol–water partition coefficient (Wildman–Crippen LogP) is 3.51. The van der Waals surface area contributed by atoms with Crippen molar-refractivity contribution in [2.24, 2.45) is 16.3 Å². The number of rotatable bonds is 8. The monoisotopic (exact) mass is 297 g/mol. The van der Waals surface area contributed by atoms with Crippen molar-refractivity contribution < 1.29 is 5.21 Å². The van der Waals surface area contributed by atoms with Crippen LogP contribution in [0.2, 0.25) is 0 Å². The van der Waals surface area contributed by atoms with Crippen molar-refractivity contribution in [1.29, 1.82) is 0 Å². The van der Waals surface area contributed by atoms with Crippen LogP contribution in [-0.4, -0.2) is 28.5 Å². The van der Waals surface area contributed by atoms with Crippen molar-refractivity contribution in [2.75, 3.05) is 6.54 Å². The number of hydrogen-bond donors (Lipinski definition) is 2. The normalized spacial score (nSPS) is 13.4. The van der Waals surface area contributed by atoms with Gasteiger partial charge in [0.2, 0.25) is 0 Å². The summed E-state index contributed by atoms with van der Waals surface area (Å²) in [7, 11) is 0. The topological polar surface area (TPSA) is 61.8 Å². The van der Waals surface area contributed by atoms with E-state index in [2.05, 4.69) is 41.4 Å². The zero-order valence-electron chi connectivity index (χ0n) is 13.0. The summed E-state index contributed by atoms with van der Waals surface area (Å²) >= 11 is 1.80. The van der Waals surface area contributed by atoms with Crippen molar-refractivity contribution >= 4 is 17.2 Å². The second-order valence-electron chi connectivity index (χ2n) is 6.12. The first-order valence-corrected chi connectivity index (χ1v) is 7.99. The molecule has 0 amide bonds. The predicted molar refractivity (Wildman–Crippen MR) is 86.3 cm³/mol. The van der Waals surface area contributed by atoms with Crippen molar-refractivity contribution in [2.45, 2.75) is 53.1 Å². The highest BCUT2D eigenvalue weighted by atomic mass is 32.1. The van der Waals surface area contributed by atoms with Crippen LogP contribution in [-0.2, 0) is 6.54 Å². The van der Waals surface area contributed by atoms with E-state index in [1.807, 2.05) is 13.8 Å². The van der Waals surface area contributed by atoms with Gasteiger partial charge in [-0.2, -0.15) is 0 Å². The fourth-order valence-corrected chi connectivity index (χ4v) is 2.84. The molecule has 1 heterocycles. The maximum atomic E-state index is 8.79. The molecule has 1 aromatic heterocycles. The molecule has 1 aromatic rings. The molecular formula is C15H27N3OS. The lowest BCUT2D eigenvalue weighted by Crippen LogP contribution is -2.35. The third-order valence-corrected chi connectivity index (χ3v) is 4.58. The summed E-state index contributed by atoms with van der Waals surface area (Å²) in [5, 5.41) is 14.0. The number of amidine groups is 1. The van der Waals surface area contributed by atoms with Gasteiger partial charge in [-0.25, -0.2) is 0 Å². The Morgan fingerprint density at radius 1 is 1.50 bits per heavy atom. The molecule has 0 atom stereocenters. The van der Waals surface area contributed by atoms with Crippen LogP contribution in [0.1, 0.15) is 45.4 Å². The molecule has 20 heavy (non-hydrogen) atoms. The van der Waals surface area contributed by atoms with E-state index < -0.39 is 0 Å². The van der Waals surface area contributed by atoms with E-state index in [4.69, 9.17) is 10.9 Å². The van der Waals surface area contributed by atoms with Gasteiger partial charge in [0.15, 0.2) is 0 Å². The summed E-state index contributed by atoms with van der Waals surface area (Å²) in [5.74, 6) is 0.312. The largest absolute Gasteiger partial charge is 0.409 e. The molecule has 114 valence electrons. The average molecular weight is 297 g/mol. The van der Waals surface area contributed by atoms with Crippen LogP contribution in [0.3, 0.4) is 0 Å². The summed E-state index contributed by atoms with van der Waals surface area (Å²) in [4.78, 5) is 3.86. The standard InChI is InChI=1S/C15H27N3OS/c1-12(2)18(11-13-7-5-10-20-13)9-6-8-15(3,4)14(16)17-19/h5,7,10,12,19H,6,8-9,11H2,1-4H3,(H2,16,17). The fraction of sp³-hybridized carbons (Fsp3) is 0.667. The van der Waals surface area contributed by atoms with E-state index in [1.165, 1.54) is 4.88 Å². The van der Waals surface area contributed by atoms with Crippen LogP contribution < -0.4 is 5.73 Å². The molecule has 1 rings (SSSR count). The Morgan fingerprint density at radius 2 is 2.20 bits per heavy atom. The van der Waals surface area contributed by atoms with Crippen LogP contribution >= 0.6 is 11.3 Å². The molecule has 0 aliphatic carbocycles. The first-order chi connectivity index (χ1) is 9.36. The molecule has 0 unspecified atom stereocenters. The Morgan fingerprint density at radius 3 is 2.70 bits per heavy atom. The minimum absolute atomic E-state index is 0.250. The quantitative estimate of drug-likeness (QED) is 0.334. The number of oxime groups is 1. The molecule has 0 aliphatic rings. The van der Waals surface area contributed by atoms with Gasteiger partial charge in [-0.15, -0.1) is 11.3 Å². The maximum Gasteiger partial charge on any atom is 0.144 e. The molecule has 3 N–H and O–H groups in total.